The van der Waals surface area contributed by atoms with Gasteiger partial charge in [-0.05, 0) is 82.0 Å². The van der Waals surface area contributed by atoms with Gasteiger partial charge < -0.3 is 4.74 Å². The van der Waals surface area contributed by atoms with E-state index in [1.807, 2.05) is 0 Å². The molecule has 2 aliphatic carbocycles. The summed E-state index contributed by atoms with van der Waals surface area (Å²) < 4.78 is 6.01. The summed E-state index contributed by atoms with van der Waals surface area (Å²) in [5, 5.41) is 0. The van der Waals surface area contributed by atoms with Crippen LogP contribution in [0.25, 0.3) is 0 Å². The first-order chi connectivity index (χ1) is 11.8. The van der Waals surface area contributed by atoms with Crippen LogP contribution in [0.5, 0.6) is 0 Å². The molecular weight excluding hydrogens is 292 g/mol. The number of ether oxygens (including phenoxy) is 1. The first-order valence-corrected chi connectivity index (χ1v) is 10.7. The summed E-state index contributed by atoms with van der Waals surface area (Å²) in [5.74, 6) is 3.03. The first kappa shape index (κ1) is 19.8. The fourth-order valence-corrected chi connectivity index (χ4v) is 4.72. The van der Waals surface area contributed by atoms with Crippen LogP contribution >= 0.6 is 0 Å². The van der Waals surface area contributed by atoms with Gasteiger partial charge in [-0.25, -0.2) is 0 Å². The number of allylic oxidation sites excluding steroid dienone is 3. The van der Waals surface area contributed by atoms with E-state index in [9.17, 15) is 0 Å². The second-order valence-corrected chi connectivity index (χ2v) is 7.99. The molecule has 24 heavy (non-hydrogen) atoms. The average molecular weight is 333 g/mol. The number of rotatable bonds is 9. The molecule has 0 aromatic carbocycles. The van der Waals surface area contributed by atoms with Crippen molar-refractivity contribution in [3.05, 3.63) is 24.3 Å². The van der Waals surface area contributed by atoms with Gasteiger partial charge in [0.05, 0.1) is 12.7 Å². The van der Waals surface area contributed by atoms with Crippen LogP contribution in [0.15, 0.2) is 24.3 Å². The monoisotopic (exact) mass is 332 g/mol. The predicted molar refractivity (Wildman–Crippen MR) is 105 cm³/mol. The van der Waals surface area contributed by atoms with Crippen molar-refractivity contribution in [1.29, 1.82) is 0 Å². The number of hydrogen-bond donors (Lipinski definition) is 0. The highest BCUT2D eigenvalue weighted by atomic mass is 16.5. The quantitative estimate of drug-likeness (QED) is 0.410. The predicted octanol–water partition coefficient (Wildman–Crippen LogP) is 7.08. The summed E-state index contributed by atoms with van der Waals surface area (Å²) in [6, 6.07) is 0. The molecule has 2 saturated carbocycles. The topological polar surface area (TPSA) is 9.23 Å². The van der Waals surface area contributed by atoms with Crippen LogP contribution in [-0.4, -0.2) is 12.7 Å². The lowest BCUT2D eigenvalue weighted by atomic mass is 9.70. The van der Waals surface area contributed by atoms with Crippen LogP contribution in [0.2, 0.25) is 0 Å². The molecule has 0 N–H and O–H groups in total. The van der Waals surface area contributed by atoms with Crippen LogP contribution in [0, 0.1) is 17.8 Å². The van der Waals surface area contributed by atoms with E-state index in [0.29, 0.717) is 6.10 Å². The fraction of sp³-hybridized carbons (Fsp3) is 0.826. The van der Waals surface area contributed by atoms with Crippen LogP contribution in [-0.2, 0) is 4.74 Å². The largest absolute Gasteiger partial charge is 0.374 e. The minimum Gasteiger partial charge on any atom is -0.374 e. The molecule has 0 bridgehead atoms. The fourth-order valence-electron chi connectivity index (χ4n) is 4.72. The molecule has 0 radical (unpaired) electrons. The summed E-state index contributed by atoms with van der Waals surface area (Å²) in [5.41, 5.74) is 0. The van der Waals surface area contributed by atoms with Gasteiger partial charge in [-0.1, -0.05) is 51.0 Å². The standard InChI is InChI=1S/C23H40O/c1-3-5-7-8-10-20-11-13-21(14-12-20)22-15-17-23(18-16-22)24-19-9-6-4-2/h5-7,9,20-23H,3-4,8,10-19H2,1-2H3. The Morgan fingerprint density at radius 1 is 0.708 bits per heavy atom. The smallest absolute Gasteiger partial charge is 0.0651 e. The Balaban J connectivity index is 1.58. The zero-order valence-electron chi connectivity index (χ0n) is 16.2. The van der Waals surface area contributed by atoms with Crippen molar-refractivity contribution in [1.82, 2.24) is 0 Å². The molecule has 0 aliphatic heterocycles. The summed E-state index contributed by atoms with van der Waals surface area (Å²) in [6.07, 6.45) is 26.1. The SMILES string of the molecule is CCC=CCCC1CCC(C2CCC(OCC=CCC)CC2)CC1. The first-order valence-electron chi connectivity index (χ1n) is 10.7. The second kappa shape index (κ2) is 11.9. The third-order valence-corrected chi connectivity index (χ3v) is 6.25. The van der Waals surface area contributed by atoms with Gasteiger partial charge in [0, 0.05) is 0 Å². The Bertz CT molecular complexity index is 318. The molecule has 1 nitrogen and oxygen atoms in total. The van der Waals surface area contributed by atoms with E-state index in [4.69, 9.17) is 4.74 Å². The van der Waals surface area contributed by atoms with E-state index in [2.05, 4.69) is 38.2 Å². The lowest BCUT2D eigenvalue weighted by molar-refractivity contribution is 0.0210. The molecule has 138 valence electrons. The van der Waals surface area contributed by atoms with Crippen molar-refractivity contribution in [2.75, 3.05) is 6.61 Å². The Morgan fingerprint density at radius 2 is 1.29 bits per heavy atom. The highest BCUT2D eigenvalue weighted by molar-refractivity contribution is 4.86. The van der Waals surface area contributed by atoms with Crippen molar-refractivity contribution in [2.24, 2.45) is 17.8 Å². The van der Waals surface area contributed by atoms with Crippen LogP contribution in [0.1, 0.15) is 90.9 Å². The van der Waals surface area contributed by atoms with Crippen molar-refractivity contribution >= 4 is 0 Å². The third kappa shape index (κ3) is 7.13. The van der Waals surface area contributed by atoms with Gasteiger partial charge in [0.25, 0.3) is 0 Å². The molecule has 0 aromatic heterocycles. The van der Waals surface area contributed by atoms with Crippen LogP contribution < -0.4 is 0 Å². The van der Waals surface area contributed by atoms with E-state index >= 15 is 0 Å². The maximum Gasteiger partial charge on any atom is 0.0651 e. The summed E-state index contributed by atoms with van der Waals surface area (Å²) in [7, 11) is 0. The Hall–Kier alpha value is -0.560. The molecular formula is C23H40O. The van der Waals surface area contributed by atoms with E-state index in [1.165, 1.54) is 70.6 Å². The third-order valence-electron chi connectivity index (χ3n) is 6.25. The molecule has 0 atom stereocenters. The maximum atomic E-state index is 6.01. The Kier molecular flexibility index (Phi) is 9.80. The highest BCUT2D eigenvalue weighted by Crippen LogP contribution is 2.41. The molecule has 0 aromatic rings. The van der Waals surface area contributed by atoms with Gasteiger partial charge in [-0.2, -0.15) is 0 Å². The van der Waals surface area contributed by atoms with Crippen LogP contribution in [0.3, 0.4) is 0 Å². The second-order valence-electron chi connectivity index (χ2n) is 7.99. The van der Waals surface area contributed by atoms with Crippen molar-refractivity contribution < 1.29 is 4.74 Å². The number of hydrogen-bond acceptors (Lipinski definition) is 1. The van der Waals surface area contributed by atoms with Gasteiger partial charge in [0.15, 0.2) is 0 Å². The molecule has 2 fully saturated rings. The van der Waals surface area contributed by atoms with Gasteiger partial charge >= 0.3 is 0 Å². The molecule has 0 unspecified atom stereocenters. The molecule has 2 aliphatic rings. The van der Waals surface area contributed by atoms with E-state index in [1.54, 1.807) is 0 Å². The Morgan fingerprint density at radius 3 is 1.92 bits per heavy atom. The molecule has 0 saturated heterocycles. The van der Waals surface area contributed by atoms with Crippen molar-refractivity contribution in [3.8, 4) is 0 Å². The van der Waals surface area contributed by atoms with Crippen LogP contribution in [0.4, 0.5) is 0 Å². The molecule has 0 spiro atoms. The van der Waals surface area contributed by atoms with Gasteiger partial charge in [0.1, 0.15) is 0 Å². The maximum absolute atomic E-state index is 6.01. The van der Waals surface area contributed by atoms with E-state index < -0.39 is 0 Å². The molecule has 2 rings (SSSR count). The summed E-state index contributed by atoms with van der Waals surface area (Å²) in [4.78, 5) is 0. The molecule has 1 heteroatoms. The summed E-state index contributed by atoms with van der Waals surface area (Å²) >= 11 is 0. The average Bonchev–Trinajstić information content (AvgIpc) is 2.64. The lowest BCUT2D eigenvalue weighted by Gasteiger charge is -2.37. The normalized spacial score (nSPS) is 31.9. The zero-order chi connectivity index (χ0) is 17.0. The summed E-state index contributed by atoms with van der Waals surface area (Å²) in [6.45, 7) is 5.22. The zero-order valence-corrected chi connectivity index (χ0v) is 16.2. The highest BCUT2D eigenvalue weighted by Gasteiger charge is 2.30. The van der Waals surface area contributed by atoms with Crippen molar-refractivity contribution in [2.45, 2.75) is 97.0 Å². The lowest BCUT2D eigenvalue weighted by Crippen LogP contribution is -2.28. The van der Waals surface area contributed by atoms with Crippen molar-refractivity contribution in [3.63, 3.8) is 0 Å². The van der Waals surface area contributed by atoms with Gasteiger partial charge in [0.2, 0.25) is 0 Å². The minimum atomic E-state index is 0.532. The Labute approximate surface area is 150 Å². The van der Waals surface area contributed by atoms with Gasteiger partial charge in [-0.3, -0.25) is 0 Å². The van der Waals surface area contributed by atoms with E-state index in [0.717, 1.165) is 30.8 Å². The van der Waals surface area contributed by atoms with Gasteiger partial charge in [-0.15, -0.1) is 0 Å². The minimum absolute atomic E-state index is 0.532. The van der Waals surface area contributed by atoms with E-state index in [-0.39, 0.29) is 0 Å². The molecule has 0 amide bonds. The molecule has 0 heterocycles.